The Morgan fingerprint density at radius 3 is 2.64 bits per heavy atom. The van der Waals surface area contributed by atoms with E-state index >= 15 is 0 Å². The third kappa shape index (κ3) is 2.85. The molecule has 0 bridgehead atoms. The molecule has 0 saturated heterocycles. The summed E-state index contributed by atoms with van der Waals surface area (Å²) < 4.78 is 3.21. The highest BCUT2D eigenvalue weighted by molar-refractivity contribution is 7.16. The van der Waals surface area contributed by atoms with Crippen molar-refractivity contribution in [3.8, 4) is 0 Å². The molecule has 0 N–H and O–H groups in total. The van der Waals surface area contributed by atoms with Crippen molar-refractivity contribution in [1.82, 2.24) is 4.57 Å². The van der Waals surface area contributed by atoms with Crippen LogP contribution in [0.5, 0.6) is 0 Å². The van der Waals surface area contributed by atoms with Crippen LogP contribution >= 0.6 is 11.3 Å². The second kappa shape index (κ2) is 6.26. The molecule has 0 atom stereocenters. The maximum Gasteiger partial charge on any atom is 0.279 e. The molecule has 0 fully saturated rings. The van der Waals surface area contributed by atoms with Gasteiger partial charge in [0.25, 0.3) is 5.91 Å². The van der Waals surface area contributed by atoms with Gasteiger partial charge in [-0.15, -0.1) is 0 Å². The van der Waals surface area contributed by atoms with Crippen molar-refractivity contribution >= 4 is 27.5 Å². The first-order valence-electron chi connectivity index (χ1n) is 8.81. The Bertz CT molecular complexity index is 1060. The second-order valence-electron chi connectivity index (χ2n) is 6.91. The van der Waals surface area contributed by atoms with Gasteiger partial charge < -0.3 is 4.57 Å². The Kier molecular flexibility index (Phi) is 4.08. The van der Waals surface area contributed by atoms with E-state index in [4.69, 9.17) is 0 Å². The summed E-state index contributed by atoms with van der Waals surface area (Å²) in [5, 5.41) is 0. The fourth-order valence-electron chi connectivity index (χ4n) is 3.65. The van der Waals surface area contributed by atoms with E-state index in [-0.39, 0.29) is 5.91 Å². The van der Waals surface area contributed by atoms with Crippen LogP contribution < -0.4 is 4.80 Å². The zero-order chi connectivity index (χ0) is 17.6. The highest BCUT2D eigenvalue weighted by atomic mass is 32.1. The van der Waals surface area contributed by atoms with Crippen molar-refractivity contribution in [2.45, 2.75) is 39.5 Å². The minimum absolute atomic E-state index is 0.148. The molecule has 1 amide bonds. The van der Waals surface area contributed by atoms with Gasteiger partial charge in [0, 0.05) is 12.6 Å². The fourth-order valence-corrected chi connectivity index (χ4v) is 4.73. The van der Waals surface area contributed by atoms with Crippen LogP contribution in [0.1, 0.15) is 45.5 Å². The Morgan fingerprint density at radius 2 is 1.84 bits per heavy atom. The molecule has 1 heterocycles. The number of amides is 1. The van der Waals surface area contributed by atoms with Gasteiger partial charge in [0.2, 0.25) is 0 Å². The van der Waals surface area contributed by atoms with Crippen LogP contribution in [-0.4, -0.2) is 10.5 Å². The number of benzene rings is 2. The van der Waals surface area contributed by atoms with E-state index < -0.39 is 0 Å². The monoisotopic (exact) mass is 350 g/mol. The quantitative estimate of drug-likeness (QED) is 0.637. The number of hydrogen-bond acceptors (Lipinski definition) is 2. The summed E-state index contributed by atoms with van der Waals surface area (Å²) in [7, 11) is 1.99. The van der Waals surface area contributed by atoms with Gasteiger partial charge in [-0.05, 0) is 80.0 Å². The lowest BCUT2D eigenvalue weighted by Crippen LogP contribution is -2.14. The first kappa shape index (κ1) is 16.3. The molecular weight excluding hydrogens is 328 g/mol. The molecule has 0 unspecified atom stereocenters. The summed E-state index contributed by atoms with van der Waals surface area (Å²) in [6.07, 6.45) is 4.67. The molecule has 128 valence electrons. The van der Waals surface area contributed by atoms with E-state index in [1.54, 1.807) is 11.3 Å². The molecule has 25 heavy (non-hydrogen) atoms. The number of nitrogens with zero attached hydrogens (tertiary/aromatic N) is 2. The summed E-state index contributed by atoms with van der Waals surface area (Å²) >= 11 is 1.57. The molecular formula is C21H22N2OS. The van der Waals surface area contributed by atoms with E-state index in [2.05, 4.69) is 37.0 Å². The average molecular weight is 350 g/mol. The molecule has 3 aromatic rings. The zero-order valence-electron chi connectivity index (χ0n) is 14.9. The van der Waals surface area contributed by atoms with Crippen LogP contribution in [0.25, 0.3) is 10.2 Å². The van der Waals surface area contributed by atoms with Gasteiger partial charge in [0.15, 0.2) is 4.80 Å². The van der Waals surface area contributed by atoms with Crippen LogP contribution in [0.4, 0.5) is 0 Å². The normalized spacial score (nSPS) is 14.8. The predicted molar refractivity (Wildman–Crippen MR) is 103 cm³/mol. The van der Waals surface area contributed by atoms with Crippen LogP contribution in [0.15, 0.2) is 35.3 Å². The molecule has 1 aliphatic rings. The molecule has 1 aromatic heterocycles. The average Bonchev–Trinajstić information content (AvgIpc) is 2.94. The molecule has 0 spiro atoms. The van der Waals surface area contributed by atoms with E-state index in [0.717, 1.165) is 17.6 Å². The summed E-state index contributed by atoms with van der Waals surface area (Å²) in [5.74, 6) is -0.148. The molecule has 3 nitrogen and oxygen atoms in total. The fraction of sp³-hybridized carbons (Fsp3) is 0.333. The van der Waals surface area contributed by atoms with Crippen LogP contribution in [0.2, 0.25) is 0 Å². The maximum atomic E-state index is 12.7. The van der Waals surface area contributed by atoms with E-state index in [1.807, 2.05) is 23.7 Å². The Morgan fingerprint density at radius 1 is 1.08 bits per heavy atom. The number of aryl methyl sites for hydroxylation is 5. The highest BCUT2D eigenvalue weighted by Gasteiger charge is 2.13. The maximum absolute atomic E-state index is 12.7. The van der Waals surface area contributed by atoms with Gasteiger partial charge in [0.1, 0.15) is 0 Å². The van der Waals surface area contributed by atoms with E-state index in [1.165, 1.54) is 45.3 Å². The minimum atomic E-state index is -0.148. The van der Waals surface area contributed by atoms with Gasteiger partial charge in [-0.3, -0.25) is 4.79 Å². The molecule has 4 rings (SSSR count). The molecule has 2 aromatic carbocycles. The van der Waals surface area contributed by atoms with Crippen molar-refractivity contribution in [3.05, 3.63) is 63.0 Å². The third-order valence-electron chi connectivity index (χ3n) is 5.28. The van der Waals surface area contributed by atoms with Crippen molar-refractivity contribution in [1.29, 1.82) is 0 Å². The van der Waals surface area contributed by atoms with Gasteiger partial charge in [-0.1, -0.05) is 23.5 Å². The van der Waals surface area contributed by atoms with Crippen molar-refractivity contribution in [2.75, 3.05) is 0 Å². The van der Waals surface area contributed by atoms with E-state index in [9.17, 15) is 4.79 Å². The zero-order valence-corrected chi connectivity index (χ0v) is 15.7. The molecule has 0 radical (unpaired) electrons. The SMILES string of the molecule is Cc1ccc2sc(=NC(=O)c3ccc4c(c3)CCCC4)n(C)c2c1C. The van der Waals surface area contributed by atoms with Gasteiger partial charge in [-0.25, -0.2) is 0 Å². The standard InChI is InChI=1S/C21H22N2OS/c1-13-8-11-18-19(14(13)2)23(3)21(25-18)22-20(24)17-10-9-15-6-4-5-7-16(15)12-17/h8-12H,4-7H2,1-3H3. The lowest BCUT2D eigenvalue weighted by molar-refractivity contribution is 0.0998. The number of thiazole rings is 1. The van der Waals surface area contributed by atoms with Crippen LogP contribution in [0, 0.1) is 13.8 Å². The summed E-state index contributed by atoms with van der Waals surface area (Å²) in [6, 6.07) is 10.3. The molecule has 0 saturated carbocycles. The lowest BCUT2D eigenvalue weighted by atomic mass is 9.90. The van der Waals surface area contributed by atoms with Crippen molar-refractivity contribution < 1.29 is 4.79 Å². The van der Waals surface area contributed by atoms with Crippen LogP contribution in [-0.2, 0) is 19.9 Å². The van der Waals surface area contributed by atoms with Crippen molar-refractivity contribution in [2.24, 2.45) is 12.0 Å². The second-order valence-corrected chi connectivity index (χ2v) is 7.91. The Balaban J connectivity index is 1.78. The number of rotatable bonds is 1. The molecule has 4 heteroatoms. The van der Waals surface area contributed by atoms with Gasteiger partial charge >= 0.3 is 0 Å². The Hall–Kier alpha value is -2.20. The number of carbonyl (C=O) groups excluding carboxylic acids is 1. The molecule has 1 aliphatic carbocycles. The minimum Gasteiger partial charge on any atom is -0.319 e. The topological polar surface area (TPSA) is 34.4 Å². The summed E-state index contributed by atoms with van der Waals surface area (Å²) in [5.41, 5.74) is 7.08. The van der Waals surface area contributed by atoms with Crippen LogP contribution in [0.3, 0.4) is 0 Å². The van der Waals surface area contributed by atoms with Crippen molar-refractivity contribution in [3.63, 3.8) is 0 Å². The van der Waals surface area contributed by atoms with Gasteiger partial charge in [0.05, 0.1) is 10.2 Å². The van der Waals surface area contributed by atoms with Gasteiger partial charge in [-0.2, -0.15) is 4.99 Å². The predicted octanol–water partition coefficient (Wildman–Crippen LogP) is 4.48. The highest BCUT2D eigenvalue weighted by Crippen LogP contribution is 2.24. The number of aromatic nitrogens is 1. The third-order valence-corrected chi connectivity index (χ3v) is 6.38. The summed E-state index contributed by atoms with van der Waals surface area (Å²) in [6.45, 7) is 4.24. The number of hydrogen-bond donors (Lipinski definition) is 0. The number of carbonyl (C=O) groups is 1. The Labute approximate surface area is 151 Å². The first-order valence-corrected chi connectivity index (χ1v) is 9.63. The first-order chi connectivity index (χ1) is 12.0. The largest absolute Gasteiger partial charge is 0.319 e. The lowest BCUT2D eigenvalue weighted by Gasteiger charge is -2.15. The summed E-state index contributed by atoms with van der Waals surface area (Å²) in [4.78, 5) is 17.9. The van der Waals surface area contributed by atoms with E-state index in [0.29, 0.717) is 5.56 Å². The smallest absolute Gasteiger partial charge is 0.279 e. The molecule has 0 aliphatic heterocycles. The number of fused-ring (bicyclic) bond motifs is 2.